The van der Waals surface area contributed by atoms with Crippen LogP contribution in [-0.2, 0) is 9.53 Å². The van der Waals surface area contributed by atoms with Crippen molar-refractivity contribution in [3.05, 3.63) is 156 Å². The average molecular weight is 761 g/mol. The number of thiazole rings is 1. The molecule has 0 fully saturated rings. The van der Waals surface area contributed by atoms with Gasteiger partial charge in [0, 0.05) is 15.7 Å². The molecule has 0 unspecified atom stereocenters. The Balaban J connectivity index is 1.52. The molecule has 0 aliphatic carbocycles. The number of nitrogens with zero attached hydrogens (tertiary/aromatic N) is 3. The van der Waals surface area contributed by atoms with Crippen LogP contribution in [0.1, 0.15) is 31.0 Å². The summed E-state index contributed by atoms with van der Waals surface area (Å²) in [5.74, 6) is 0.418. The maximum absolute atomic E-state index is 14.7. The summed E-state index contributed by atoms with van der Waals surface area (Å²) in [4.78, 5) is 33.6. The van der Waals surface area contributed by atoms with Gasteiger partial charge in [-0.25, -0.2) is 9.79 Å². The highest BCUT2D eigenvalue weighted by Gasteiger charge is 2.35. The molecule has 0 bridgehead atoms. The molecule has 2 aromatic heterocycles. The first kappa shape index (κ1) is 34.0. The molecule has 1 aliphatic rings. The number of esters is 1. The lowest BCUT2D eigenvalue weighted by Gasteiger charge is -2.26. The summed E-state index contributed by atoms with van der Waals surface area (Å²) < 4.78 is 21.6. The molecule has 0 amide bonds. The van der Waals surface area contributed by atoms with Crippen LogP contribution in [-0.4, -0.2) is 35.9 Å². The molecule has 8 nitrogen and oxygen atoms in total. The van der Waals surface area contributed by atoms with Gasteiger partial charge < -0.3 is 18.8 Å². The predicted molar refractivity (Wildman–Crippen MR) is 204 cm³/mol. The highest BCUT2D eigenvalue weighted by Crippen LogP contribution is 2.41. The Bertz CT molecular complexity index is 2470. The highest BCUT2D eigenvalue weighted by molar-refractivity contribution is 9.10. The summed E-state index contributed by atoms with van der Waals surface area (Å²) in [7, 11) is 3.10. The summed E-state index contributed by atoms with van der Waals surface area (Å²) in [6, 6.07) is 35.4. The van der Waals surface area contributed by atoms with Crippen molar-refractivity contribution in [2.75, 3.05) is 20.8 Å². The quantitative estimate of drug-likeness (QED) is 0.141. The highest BCUT2D eigenvalue weighted by atomic mass is 79.9. The van der Waals surface area contributed by atoms with Crippen molar-refractivity contribution in [1.29, 1.82) is 0 Å². The maximum Gasteiger partial charge on any atom is 0.338 e. The fraction of sp³-hybridized carbons (Fsp3) is 0.146. The van der Waals surface area contributed by atoms with E-state index in [1.165, 1.54) is 11.3 Å². The summed E-state index contributed by atoms with van der Waals surface area (Å²) in [5, 5.41) is 0. The van der Waals surface area contributed by atoms with Crippen LogP contribution in [0.3, 0.4) is 0 Å². The number of carbonyl (C=O) groups excluding carboxylic acids is 1. The van der Waals surface area contributed by atoms with Gasteiger partial charge >= 0.3 is 5.97 Å². The average Bonchev–Trinajstić information content (AvgIpc) is 3.68. The van der Waals surface area contributed by atoms with Gasteiger partial charge in [0.15, 0.2) is 16.3 Å². The number of hydrogen-bond donors (Lipinski definition) is 0. The van der Waals surface area contributed by atoms with Crippen molar-refractivity contribution in [2.24, 2.45) is 4.99 Å². The first-order valence-corrected chi connectivity index (χ1v) is 18.0. The molecule has 0 N–H and O–H groups in total. The number of aromatic nitrogens is 2. The molecule has 10 heteroatoms. The van der Waals surface area contributed by atoms with E-state index < -0.39 is 12.0 Å². The summed E-state index contributed by atoms with van der Waals surface area (Å²) in [5.41, 5.74) is 6.89. The van der Waals surface area contributed by atoms with Crippen LogP contribution in [0.15, 0.2) is 135 Å². The Morgan fingerprint density at radius 1 is 0.882 bits per heavy atom. The number of methoxy groups -OCH3 is 2. The van der Waals surface area contributed by atoms with Crippen molar-refractivity contribution in [3.8, 4) is 39.7 Å². The molecule has 0 radical (unpaired) electrons. The Hall–Kier alpha value is -5.45. The number of benzene rings is 4. The van der Waals surface area contributed by atoms with Gasteiger partial charge in [-0.05, 0) is 66.9 Å². The first-order valence-electron chi connectivity index (χ1n) is 16.4. The minimum atomic E-state index is -0.848. The Kier molecular flexibility index (Phi) is 9.62. The Labute approximate surface area is 307 Å². The van der Waals surface area contributed by atoms with Crippen molar-refractivity contribution < 1.29 is 19.0 Å². The number of halogens is 1. The van der Waals surface area contributed by atoms with Crippen LogP contribution in [0.4, 0.5) is 0 Å². The van der Waals surface area contributed by atoms with Crippen molar-refractivity contribution in [2.45, 2.75) is 19.9 Å². The molecule has 6 aromatic rings. The lowest BCUT2D eigenvalue weighted by molar-refractivity contribution is -0.139. The van der Waals surface area contributed by atoms with Crippen LogP contribution in [0.25, 0.3) is 34.3 Å². The zero-order chi connectivity index (χ0) is 35.6. The van der Waals surface area contributed by atoms with Gasteiger partial charge in [-0.1, -0.05) is 106 Å². The van der Waals surface area contributed by atoms with Crippen molar-refractivity contribution in [1.82, 2.24) is 9.13 Å². The third-order valence-corrected chi connectivity index (χ3v) is 10.4. The van der Waals surface area contributed by atoms with E-state index in [0.717, 1.165) is 33.8 Å². The topological polar surface area (TPSA) is 84.1 Å². The van der Waals surface area contributed by atoms with Crippen molar-refractivity contribution in [3.63, 3.8) is 0 Å². The summed E-state index contributed by atoms with van der Waals surface area (Å²) in [6.45, 7) is 3.69. The first-order chi connectivity index (χ1) is 24.8. The fourth-order valence-electron chi connectivity index (χ4n) is 6.50. The SMILES string of the molecule is CCOC(=O)C1=C(C)N=c2s/c(=C\c3cc(-c4ccccc4)n(-c4ccccc4)c3-c3ccccc3)c(=O)n2[C@H]1c1cc(OC)c(OC)cc1Br. The molecule has 3 heterocycles. The number of ether oxygens (including phenoxy) is 3. The minimum absolute atomic E-state index is 0.171. The molecule has 0 spiro atoms. The molecular formula is C41H34BrN3O5S. The zero-order valence-electron chi connectivity index (χ0n) is 28.4. The van der Waals surface area contributed by atoms with Gasteiger partial charge in [0.25, 0.3) is 5.56 Å². The maximum atomic E-state index is 14.7. The fourth-order valence-corrected chi connectivity index (χ4v) is 8.08. The van der Waals surface area contributed by atoms with Gasteiger partial charge in [0.2, 0.25) is 0 Å². The monoisotopic (exact) mass is 759 g/mol. The van der Waals surface area contributed by atoms with E-state index >= 15 is 0 Å². The van der Waals surface area contributed by atoms with E-state index in [1.54, 1.807) is 44.8 Å². The normalized spacial score (nSPS) is 14.2. The van der Waals surface area contributed by atoms with E-state index in [4.69, 9.17) is 19.2 Å². The number of para-hydroxylation sites is 1. The lowest BCUT2D eigenvalue weighted by Crippen LogP contribution is -2.40. The number of rotatable bonds is 9. The van der Waals surface area contributed by atoms with E-state index in [-0.39, 0.29) is 17.7 Å². The van der Waals surface area contributed by atoms with Gasteiger partial charge in [-0.15, -0.1) is 0 Å². The predicted octanol–water partition coefficient (Wildman–Crippen LogP) is 7.70. The number of hydrogen-bond acceptors (Lipinski definition) is 7. The lowest BCUT2D eigenvalue weighted by atomic mass is 9.95. The second-order valence-electron chi connectivity index (χ2n) is 11.8. The molecular weight excluding hydrogens is 726 g/mol. The zero-order valence-corrected chi connectivity index (χ0v) is 30.8. The molecule has 51 heavy (non-hydrogen) atoms. The molecule has 1 aliphatic heterocycles. The third-order valence-electron chi connectivity index (χ3n) is 8.76. The standard InChI is InChI=1S/C41H34BrN3O5S/c1-5-50-40(47)36-25(2)43-41-45(38(36)30-23-33(48-3)34(49-4)24-31(30)42)39(46)35(51-41)22-28-21-32(26-15-9-6-10-16-26)44(29-19-13-8-14-20-29)37(28)27-17-11-7-12-18-27/h6-24,38H,5H2,1-4H3/b35-22-/t38-/m0/s1. The Morgan fingerprint density at radius 2 is 1.49 bits per heavy atom. The molecule has 256 valence electrons. The molecule has 0 saturated heterocycles. The number of fused-ring (bicyclic) bond motifs is 1. The van der Waals surface area contributed by atoms with E-state index in [0.29, 0.717) is 36.6 Å². The number of allylic oxidation sites excluding steroid dienone is 1. The van der Waals surface area contributed by atoms with Gasteiger partial charge in [0.1, 0.15) is 0 Å². The third kappa shape index (κ3) is 6.26. The summed E-state index contributed by atoms with van der Waals surface area (Å²) in [6.07, 6.45) is 1.93. The second kappa shape index (κ2) is 14.4. The smallest absolute Gasteiger partial charge is 0.338 e. The van der Waals surface area contributed by atoms with Crippen molar-refractivity contribution >= 4 is 39.3 Å². The summed E-state index contributed by atoms with van der Waals surface area (Å²) >= 11 is 4.97. The van der Waals surface area contributed by atoms with Crippen LogP contribution >= 0.6 is 27.3 Å². The van der Waals surface area contributed by atoms with E-state index in [1.807, 2.05) is 60.7 Å². The molecule has 0 saturated carbocycles. The minimum Gasteiger partial charge on any atom is -0.493 e. The second-order valence-corrected chi connectivity index (χ2v) is 13.6. The number of carbonyl (C=O) groups is 1. The van der Waals surface area contributed by atoms with E-state index in [9.17, 15) is 9.59 Å². The van der Waals surface area contributed by atoms with Crippen LogP contribution in [0.2, 0.25) is 0 Å². The molecule has 7 rings (SSSR count). The van der Waals surface area contributed by atoms with Crippen LogP contribution < -0.4 is 24.4 Å². The van der Waals surface area contributed by atoms with E-state index in [2.05, 4.69) is 63.0 Å². The molecule has 4 aromatic carbocycles. The Morgan fingerprint density at radius 3 is 2.12 bits per heavy atom. The van der Waals surface area contributed by atoms with Crippen LogP contribution in [0, 0.1) is 0 Å². The van der Waals surface area contributed by atoms with Gasteiger partial charge in [-0.3, -0.25) is 9.36 Å². The largest absolute Gasteiger partial charge is 0.493 e. The van der Waals surface area contributed by atoms with Crippen LogP contribution in [0.5, 0.6) is 11.5 Å². The molecule has 1 atom stereocenters. The van der Waals surface area contributed by atoms with Gasteiger partial charge in [0.05, 0.1) is 54.1 Å². The van der Waals surface area contributed by atoms with Gasteiger partial charge in [-0.2, -0.15) is 0 Å².